The van der Waals surface area contributed by atoms with E-state index in [1.165, 1.54) is 7.11 Å². The van der Waals surface area contributed by atoms with Gasteiger partial charge in [0, 0.05) is 25.6 Å². The average molecular weight is 220 g/mol. The molecule has 6 heteroatoms. The highest BCUT2D eigenvalue weighted by Crippen LogP contribution is 2.18. The third-order valence-electron chi connectivity index (χ3n) is 1.40. The second-order valence-electron chi connectivity index (χ2n) is 2.63. The molecule has 0 aliphatic carbocycles. The molecule has 1 atom stereocenters. The van der Waals surface area contributed by atoms with Crippen molar-refractivity contribution in [3.63, 3.8) is 0 Å². The van der Waals surface area contributed by atoms with Crippen LogP contribution in [0.1, 0.15) is 6.42 Å². The SMILES string of the molecule is COCC(CCl)NCCC(F)(F)F. The van der Waals surface area contributed by atoms with Gasteiger partial charge in [0.05, 0.1) is 13.0 Å². The zero-order valence-electron chi connectivity index (χ0n) is 7.33. The fourth-order valence-electron chi connectivity index (χ4n) is 0.777. The molecular weight excluding hydrogens is 207 g/mol. The van der Waals surface area contributed by atoms with E-state index in [0.29, 0.717) is 6.61 Å². The topological polar surface area (TPSA) is 21.3 Å². The molecule has 0 aromatic rings. The molecule has 13 heavy (non-hydrogen) atoms. The van der Waals surface area contributed by atoms with Crippen LogP contribution in [-0.4, -0.2) is 38.4 Å². The molecule has 2 nitrogen and oxygen atoms in total. The Morgan fingerprint density at radius 2 is 2.08 bits per heavy atom. The summed E-state index contributed by atoms with van der Waals surface area (Å²) in [6.45, 7) is 0.200. The Labute approximate surface area is 80.4 Å². The Morgan fingerprint density at radius 3 is 2.46 bits per heavy atom. The lowest BCUT2D eigenvalue weighted by Gasteiger charge is -2.15. The summed E-state index contributed by atoms with van der Waals surface area (Å²) in [5.41, 5.74) is 0. The number of ether oxygens (including phenoxy) is 1. The summed E-state index contributed by atoms with van der Waals surface area (Å²) in [4.78, 5) is 0. The summed E-state index contributed by atoms with van der Waals surface area (Å²) in [7, 11) is 1.48. The molecule has 0 rings (SSSR count). The maximum atomic E-state index is 11.7. The molecule has 0 saturated heterocycles. The molecule has 0 aliphatic rings. The van der Waals surface area contributed by atoms with Crippen molar-refractivity contribution < 1.29 is 17.9 Å². The third-order valence-corrected chi connectivity index (χ3v) is 1.77. The molecule has 0 radical (unpaired) electrons. The number of nitrogens with one attached hydrogen (secondary N) is 1. The molecule has 0 heterocycles. The molecule has 80 valence electrons. The quantitative estimate of drug-likeness (QED) is 0.688. The highest BCUT2D eigenvalue weighted by molar-refractivity contribution is 6.18. The molecule has 0 saturated carbocycles. The molecule has 0 bridgehead atoms. The van der Waals surface area contributed by atoms with Crippen molar-refractivity contribution in [2.45, 2.75) is 18.6 Å². The molecule has 0 amide bonds. The van der Waals surface area contributed by atoms with Crippen molar-refractivity contribution in [2.24, 2.45) is 0 Å². The number of methoxy groups -OCH3 is 1. The largest absolute Gasteiger partial charge is 0.390 e. The molecule has 1 unspecified atom stereocenters. The van der Waals surface area contributed by atoms with E-state index in [1.54, 1.807) is 0 Å². The first-order valence-electron chi connectivity index (χ1n) is 3.84. The van der Waals surface area contributed by atoms with E-state index in [1.807, 2.05) is 0 Å². The Hall–Kier alpha value is -0.0000000000000000555. The lowest BCUT2D eigenvalue weighted by Crippen LogP contribution is -2.36. The second-order valence-corrected chi connectivity index (χ2v) is 2.93. The summed E-state index contributed by atoms with van der Waals surface area (Å²) >= 11 is 5.47. The van der Waals surface area contributed by atoms with Crippen molar-refractivity contribution in [1.29, 1.82) is 0 Å². The predicted octanol–water partition coefficient (Wildman–Crippen LogP) is 1.78. The van der Waals surface area contributed by atoms with Crippen LogP contribution in [0.3, 0.4) is 0 Å². The molecule has 0 aromatic heterocycles. The van der Waals surface area contributed by atoms with E-state index in [-0.39, 0.29) is 18.5 Å². The molecule has 0 fully saturated rings. The van der Waals surface area contributed by atoms with Gasteiger partial charge in [0.25, 0.3) is 0 Å². The van der Waals surface area contributed by atoms with Crippen LogP contribution in [0.4, 0.5) is 13.2 Å². The predicted molar refractivity (Wildman–Crippen MR) is 45.1 cm³/mol. The summed E-state index contributed by atoms with van der Waals surface area (Å²) in [6.07, 6.45) is -4.96. The van der Waals surface area contributed by atoms with Crippen LogP contribution in [0.15, 0.2) is 0 Å². The van der Waals surface area contributed by atoms with Gasteiger partial charge in [-0.3, -0.25) is 0 Å². The van der Waals surface area contributed by atoms with Gasteiger partial charge in [0.1, 0.15) is 0 Å². The van der Waals surface area contributed by atoms with E-state index in [4.69, 9.17) is 16.3 Å². The first-order chi connectivity index (χ1) is 5.99. The Bertz CT molecular complexity index is 131. The zero-order chi connectivity index (χ0) is 10.3. The smallest absolute Gasteiger partial charge is 0.383 e. The Balaban J connectivity index is 3.49. The fraction of sp³-hybridized carbons (Fsp3) is 1.00. The average Bonchev–Trinajstić information content (AvgIpc) is 2.01. The summed E-state index contributed by atoms with van der Waals surface area (Å²) < 4.78 is 39.8. The van der Waals surface area contributed by atoms with Crippen molar-refractivity contribution in [2.75, 3.05) is 26.1 Å². The van der Waals surface area contributed by atoms with Gasteiger partial charge in [-0.05, 0) is 0 Å². The minimum Gasteiger partial charge on any atom is -0.383 e. The van der Waals surface area contributed by atoms with Crippen LogP contribution in [0.2, 0.25) is 0 Å². The lowest BCUT2D eigenvalue weighted by atomic mass is 10.3. The first kappa shape index (κ1) is 13.0. The van der Waals surface area contributed by atoms with Gasteiger partial charge >= 0.3 is 6.18 Å². The third kappa shape index (κ3) is 8.33. The zero-order valence-corrected chi connectivity index (χ0v) is 8.08. The van der Waals surface area contributed by atoms with Crippen molar-refractivity contribution in [3.05, 3.63) is 0 Å². The molecule has 0 aromatic carbocycles. The minimum absolute atomic E-state index is 0.121. The van der Waals surface area contributed by atoms with Crippen LogP contribution in [0, 0.1) is 0 Å². The molecule has 1 N–H and O–H groups in total. The van der Waals surface area contributed by atoms with Crippen LogP contribution in [0.25, 0.3) is 0 Å². The van der Waals surface area contributed by atoms with Crippen molar-refractivity contribution in [3.8, 4) is 0 Å². The van der Waals surface area contributed by atoms with Gasteiger partial charge in [0.15, 0.2) is 0 Å². The molecule has 0 spiro atoms. The van der Waals surface area contributed by atoms with E-state index in [2.05, 4.69) is 5.32 Å². The highest BCUT2D eigenvalue weighted by atomic mass is 35.5. The lowest BCUT2D eigenvalue weighted by molar-refractivity contribution is -0.133. The normalized spacial score (nSPS) is 14.5. The number of halogens is 4. The number of hydrogen-bond donors (Lipinski definition) is 1. The summed E-state index contributed by atoms with van der Waals surface area (Å²) in [5, 5.41) is 2.65. The Kier molecular flexibility index (Phi) is 6.45. The standard InChI is InChI=1S/C7H13ClF3NO/c1-13-5-6(4-8)12-3-2-7(9,10)11/h6,12H,2-5H2,1H3. The number of hydrogen-bond acceptors (Lipinski definition) is 2. The monoisotopic (exact) mass is 219 g/mol. The maximum absolute atomic E-state index is 11.7. The van der Waals surface area contributed by atoms with Gasteiger partial charge in [0.2, 0.25) is 0 Å². The van der Waals surface area contributed by atoms with Crippen molar-refractivity contribution in [1.82, 2.24) is 5.32 Å². The van der Waals surface area contributed by atoms with E-state index >= 15 is 0 Å². The highest BCUT2D eigenvalue weighted by Gasteiger charge is 2.26. The van der Waals surface area contributed by atoms with E-state index in [9.17, 15) is 13.2 Å². The van der Waals surface area contributed by atoms with E-state index in [0.717, 1.165) is 0 Å². The van der Waals surface area contributed by atoms with Gasteiger partial charge < -0.3 is 10.1 Å². The number of rotatable bonds is 6. The number of alkyl halides is 4. The van der Waals surface area contributed by atoms with Crippen LogP contribution >= 0.6 is 11.6 Å². The van der Waals surface area contributed by atoms with Crippen molar-refractivity contribution >= 4 is 11.6 Å². The first-order valence-corrected chi connectivity index (χ1v) is 4.38. The van der Waals surface area contributed by atoms with Crippen LogP contribution in [0.5, 0.6) is 0 Å². The van der Waals surface area contributed by atoms with Gasteiger partial charge in [-0.1, -0.05) is 0 Å². The summed E-state index contributed by atoms with van der Waals surface area (Å²) in [5.74, 6) is 0.242. The molecule has 0 aliphatic heterocycles. The minimum atomic E-state index is -4.11. The van der Waals surface area contributed by atoms with E-state index < -0.39 is 12.6 Å². The van der Waals surface area contributed by atoms with Crippen LogP contribution < -0.4 is 5.32 Å². The molecular formula is C7H13ClF3NO. The Morgan fingerprint density at radius 1 is 1.46 bits per heavy atom. The fourth-order valence-corrected chi connectivity index (χ4v) is 0.975. The van der Waals surface area contributed by atoms with Gasteiger partial charge in [-0.25, -0.2) is 0 Å². The maximum Gasteiger partial charge on any atom is 0.390 e. The van der Waals surface area contributed by atoms with Gasteiger partial charge in [-0.15, -0.1) is 11.6 Å². The van der Waals surface area contributed by atoms with Crippen LogP contribution in [-0.2, 0) is 4.74 Å². The van der Waals surface area contributed by atoms with Gasteiger partial charge in [-0.2, -0.15) is 13.2 Å². The second kappa shape index (κ2) is 6.45. The summed E-state index contributed by atoms with van der Waals surface area (Å²) in [6, 6.07) is -0.214.